The van der Waals surface area contributed by atoms with E-state index in [1.165, 1.54) is 82.8 Å². The predicted octanol–water partition coefficient (Wildman–Crippen LogP) is 10.3. The molecule has 0 N–H and O–H groups in total. The molecular weight excluding hydrogens is 498 g/mol. The molecule has 3 aromatic heterocycles. The molecule has 3 nitrogen and oxygen atoms in total. The van der Waals surface area contributed by atoms with Crippen molar-refractivity contribution >= 4 is 71.7 Å². The van der Waals surface area contributed by atoms with E-state index in [1.54, 1.807) is 0 Å². The largest absolute Gasteiger partial charge is 0.309 e. The zero-order valence-electron chi connectivity index (χ0n) is 23.0. The molecule has 194 valence electrons. The standard InChI is InChI=1S/C38H27N3/c1-24-12-3-7-17-29(24)39(30-18-8-4-13-25(30)2)33-22-23-35-38-36(33)28-15-6-10-20-32(28)41(38)34-21-11-16-27-26-14-5-9-19-31(26)40(35)37(27)34/h3-23H,1-2H3. The van der Waals surface area contributed by atoms with Crippen molar-refractivity contribution in [2.75, 3.05) is 4.90 Å². The van der Waals surface area contributed by atoms with Gasteiger partial charge < -0.3 is 13.7 Å². The van der Waals surface area contributed by atoms with Crippen molar-refractivity contribution in [1.82, 2.24) is 8.80 Å². The van der Waals surface area contributed by atoms with Gasteiger partial charge >= 0.3 is 0 Å². The highest BCUT2D eigenvalue weighted by Gasteiger charge is 2.25. The number of hydrogen-bond acceptors (Lipinski definition) is 1. The number of aromatic nitrogens is 2. The van der Waals surface area contributed by atoms with E-state index in [0.717, 1.165) is 0 Å². The molecule has 0 saturated heterocycles. The first-order chi connectivity index (χ1) is 20.2. The van der Waals surface area contributed by atoms with Crippen molar-refractivity contribution in [3.8, 4) is 0 Å². The van der Waals surface area contributed by atoms with Gasteiger partial charge in [-0.15, -0.1) is 0 Å². The predicted molar refractivity (Wildman–Crippen MR) is 174 cm³/mol. The quantitative estimate of drug-likeness (QED) is 0.209. The summed E-state index contributed by atoms with van der Waals surface area (Å²) in [6, 6.07) is 46.5. The summed E-state index contributed by atoms with van der Waals surface area (Å²) in [7, 11) is 0. The molecule has 41 heavy (non-hydrogen) atoms. The van der Waals surface area contributed by atoms with Crippen LogP contribution >= 0.6 is 0 Å². The van der Waals surface area contributed by atoms with E-state index >= 15 is 0 Å². The van der Waals surface area contributed by atoms with Crippen molar-refractivity contribution in [3.63, 3.8) is 0 Å². The first-order valence-electron chi connectivity index (χ1n) is 14.2. The third kappa shape index (κ3) is 2.87. The van der Waals surface area contributed by atoms with Crippen LogP contribution in [0.25, 0.3) is 54.6 Å². The van der Waals surface area contributed by atoms with Crippen LogP contribution in [0.4, 0.5) is 17.1 Å². The summed E-state index contributed by atoms with van der Waals surface area (Å²) in [5.74, 6) is 0. The minimum absolute atomic E-state index is 1.19. The number of para-hydroxylation sites is 5. The molecule has 3 heterocycles. The van der Waals surface area contributed by atoms with Crippen LogP contribution in [0.1, 0.15) is 11.1 Å². The second kappa shape index (κ2) is 8.12. The second-order valence-corrected chi connectivity index (χ2v) is 11.1. The summed E-state index contributed by atoms with van der Waals surface area (Å²) in [6.45, 7) is 4.41. The summed E-state index contributed by atoms with van der Waals surface area (Å²) < 4.78 is 4.98. The maximum Gasteiger partial charge on any atom is 0.0804 e. The zero-order chi connectivity index (χ0) is 27.2. The van der Waals surface area contributed by atoms with E-state index in [4.69, 9.17) is 0 Å². The lowest BCUT2D eigenvalue weighted by Gasteiger charge is -2.29. The molecule has 0 fully saturated rings. The van der Waals surface area contributed by atoms with Gasteiger partial charge in [0.1, 0.15) is 0 Å². The summed E-state index contributed by atoms with van der Waals surface area (Å²) in [5.41, 5.74) is 13.5. The molecular formula is C38H27N3. The van der Waals surface area contributed by atoms with Crippen LogP contribution in [-0.2, 0) is 0 Å². The van der Waals surface area contributed by atoms with Crippen LogP contribution in [0.15, 0.2) is 127 Å². The molecule has 0 aliphatic heterocycles. The molecule has 0 radical (unpaired) electrons. The van der Waals surface area contributed by atoms with E-state index in [2.05, 4.69) is 155 Å². The highest BCUT2D eigenvalue weighted by Crippen LogP contribution is 2.47. The van der Waals surface area contributed by atoms with Gasteiger partial charge in [-0.05, 0) is 67.4 Å². The Morgan fingerprint density at radius 3 is 1.61 bits per heavy atom. The zero-order valence-corrected chi connectivity index (χ0v) is 23.0. The molecule has 0 aliphatic rings. The normalized spacial score (nSPS) is 12.1. The number of benzene rings is 6. The van der Waals surface area contributed by atoms with Gasteiger partial charge in [0, 0.05) is 32.9 Å². The van der Waals surface area contributed by atoms with Crippen molar-refractivity contribution in [1.29, 1.82) is 0 Å². The molecule has 0 amide bonds. The number of anilines is 3. The lowest BCUT2D eigenvalue weighted by molar-refractivity contribution is 1.23. The molecule has 0 atom stereocenters. The Kier molecular flexibility index (Phi) is 4.46. The fourth-order valence-corrected chi connectivity index (χ4v) is 7.13. The fraction of sp³-hybridized carbons (Fsp3) is 0.0526. The van der Waals surface area contributed by atoms with E-state index in [-0.39, 0.29) is 0 Å². The Hall–Kier alpha value is -5.28. The molecule has 0 aliphatic carbocycles. The summed E-state index contributed by atoms with van der Waals surface area (Å²) in [5, 5.41) is 5.11. The minimum atomic E-state index is 1.19. The van der Waals surface area contributed by atoms with Gasteiger partial charge in [-0.1, -0.05) is 84.9 Å². The number of aryl methyl sites for hydroxylation is 2. The lowest BCUT2D eigenvalue weighted by atomic mass is 10.0. The van der Waals surface area contributed by atoms with Gasteiger partial charge in [0.15, 0.2) is 0 Å². The van der Waals surface area contributed by atoms with Crippen LogP contribution in [0, 0.1) is 13.8 Å². The Bertz CT molecular complexity index is 2410. The maximum atomic E-state index is 2.50. The first kappa shape index (κ1) is 22.5. The minimum Gasteiger partial charge on any atom is -0.309 e. The van der Waals surface area contributed by atoms with Crippen molar-refractivity contribution in [2.24, 2.45) is 0 Å². The average Bonchev–Trinajstić information content (AvgIpc) is 3.54. The fourth-order valence-electron chi connectivity index (χ4n) is 7.13. The van der Waals surface area contributed by atoms with Crippen LogP contribution in [0.3, 0.4) is 0 Å². The molecule has 3 heteroatoms. The Labute approximate surface area is 237 Å². The van der Waals surface area contributed by atoms with Crippen LogP contribution in [-0.4, -0.2) is 8.80 Å². The van der Waals surface area contributed by atoms with Gasteiger partial charge in [0.2, 0.25) is 0 Å². The summed E-state index contributed by atoms with van der Waals surface area (Å²) in [4.78, 5) is 2.46. The first-order valence-corrected chi connectivity index (χ1v) is 14.2. The summed E-state index contributed by atoms with van der Waals surface area (Å²) >= 11 is 0. The monoisotopic (exact) mass is 525 g/mol. The topological polar surface area (TPSA) is 12.1 Å². The maximum absolute atomic E-state index is 2.50. The smallest absolute Gasteiger partial charge is 0.0804 e. The Balaban J connectivity index is 1.55. The molecule has 0 unspecified atom stereocenters. The third-order valence-corrected chi connectivity index (χ3v) is 8.88. The highest BCUT2D eigenvalue weighted by molar-refractivity contribution is 6.25. The molecule has 0 saturated carbocycles. The second-order valence-electron chi connectivity index (χ2n) is 11.1. The van der Waals surface area contributed by atoms with E-state index in [9.17, 15) is 0 Å². The summed E-state index contributed by atoms with van der Waals surface area (Å²) in [6.07, 6.45) is 0. The SMILES string of the molecule is Cc1ccccc1N(c1ccccc1C)c1ccc2c3c1c1ccccc1n3c1cccc3c4ccccc4n2c31. The van der Waals surface area contributed by atoms with Gasteiger partial charge in [-0.3, -0.25) is 0 Å². The molecule has 6 aromatic carbocycles. The van der Waals surface area contributed by atoms with Crippen LogP contribution in [0.2, 0.25) is 0 Å². The highest BCUT2D eigenvalue weighted by atomic mass is 15.2. The van der Waals surface area contributed by atoms with Gasteiger partial charge in [-0.25, -0.2) is 0 Å². The Morgan fingerprint density at radius 2 is 0.902 bits per heavy atom. The molecule has 0 bridgehead atoms. The number of hydrogen-bond donors (Lipinski definition) is 0. The number of fused-ring (bicyclic) bond motifs is 8. The van der Waals surface area contributed by atoms with Crippen molar-refractivity contribution in [3.05, 3.63) is 139 Å². The molecule has 9 aromatic rings. The van der Waals surface area contributed by atoms with Crippen LogP contribution < -0.4 is 4.90 Å². The van der Waals surface area contributed by atoms with E-state index in [0.29, 0.717) is 0 Å². The molecule has 0 spiro atoms. The van der Waals surface area contributed by atoms with E-state index in [1.807, 2.05) is 0 Å². The lowest BCUT2D eigenvalue weighted by Crippen LogP contribution is -2.13. The van der Waals surface area contributed by atoms with Crippen molar-refractivity contribution < 1.29 is 0 Å². The van der Waals surface area contributed by atoms with Gasteiger partial charge in [-0.2, -0.15) is 0 Å². The third-order valence-electron chi connectivity index (χ3n) is 8.88. The van der Waals surface area contributed by atoms with Gasteiger partial charge in [0.05, 0.1) is 38.8 Å². The molecule has 9 rings (SSSR count). The van der Waals surface area contributed by atoms with Crippen molar-refractivity contribution in [2.45, 2.75) is 13.8 Å². The van der Waals surface area contributed by atoms with E-state index < -0.39 is 0 Å². The Morgan fingerprint density at radius 1 is 0.390 bits per heavy atom. The number of rotatable bonds is 3. The average molecular weight is 526 g/mol. The number of nitrogens with zero attached hydrogens (tertiary/aromatic N) is 3. The van der Waals surface area contributed by atoms with Crippen LogP contribution in [0.5, 0.6) is 0 Å². The van der Waals surface area contributed by atoms with Gasteiger partial charge in [0.25, 0.3) is 0 Å².